The molecule has 0 saturated heterocycles. The second-order valence-corrected chi connectivity index (χ2v) is 5.09. The number of halogens is 1. The molecule has 1 aromatic carbocycles. The first kappa shape index (κ1) is 14.2. The molecule has 0 aliphatic heterocycles. The zero-order valence-electron chi connectivity index (χ0n) is 11.8. The van der Waals surface area contributed by atoms with Gasteiger partial charge in [0.05, 0.1) is 0 Å². The summed E-state index contributed by atoms with van der Waals surface area (Å²) < 4.78 is 12.9. The Morgan fingerprint density at radius 2 is 1.85 bits per heavy atom. The van der Waals surface area contributed by atoms with Crippen molar-refractivity contribution in [1.82, 2.24) is 9.97 Å². The fourth-order valence-corrected chi connectivity index (χ4v) is 1.88. The standard InChI is InChI=1S/C15H18FN3O/c1-9(2)15-18-13(8-14(20)19-15)17-10(3)11-4-6-12(16)7-5-11/h4-10H,1-3H3,(H2,17,18,19,20). The molecule has 0 radical (unpaired) electrons. The van der Waals surface area contributed by atoms with Crippen LogP contribution >= 0.6 is 0 Å². The molecular formula is C15H18FN3O. The molecule has 2 N–H and O–H groups in total. The molecule has 5 heteroatoms. The number of H-pyrrole nitrogens is 1. The molecule has 0 spiro atoms. The highest BCUT2D eigenvalue weighted by atomic mass is 19.1. The molecule has 2 aromatic rings. The Morgan fingerprint density at radius 3 is 2.45 bits per heavy atom. The first-order valence-corrected chi connectivity index (χ1v) is 6.59. The number of nitrogens with one attached hydrogen (secondary N) is 2. The molecule has 1 unspecified atom stereocenters. The molecule has 1 atom stereocenters. The Labute approximate surface area is 117 Å². The molecule has 0 aliphatic carbocycles. The van der Waals surface area contributed by atoms with Gasteiger partial charge in [0, 0.05) is 18.0 Å². The quantitative estimate of drug-likeness (QED) is 0.900. The van der Waals surface area contributed by atoms with E-state index in [1.165, 1.54) is 18.2 Å². The van der Waals surface area contributed by atoms with Gasteiger partial charge in [0.1, 0.15) is 17.5 Å². The third kappa shape index (κ3) is 3.44. The van der Waals surface area contributed by atoms with E-state index in [9.17, 15) is 9.18 Å². The molecule has 1 heterocycles. The van der Waals surface area contributed by atoms with E-state index in [1.54, 1.807) is 12.1 Å². The average molecular weight is 275 g/mol. The SMILES string of the molecule is CC(C)c1nc(NC(C)c2ccc(F)cc2)cc(=O)[nH]1. The van der Waals surface area contributed by atoms with Gasteiger partial charge in [-0.25, -0.2) is 9.37 Å². The number of anilines is 1. The van der Waals surface area contributed by atoms with Gasteiger partial charge < -0.3 is 10.3 Å². The predicted molar refractivity (Wildman–Crippen MR) is 77.4 cm³/mol. The maximum absolute atomic E-state index is 12.9. The second-order valence-electron chi connectivity index (χ2n) is 5.09. The number of hydrogen-bond acceptors (Lipinski definition) is 3. The maximum Gasteiger partial charge on any atom is 0.252 e. The molecule has 0 fully saturated rings. The van der Waals surface area contributed by atoms with E-state index < -0.39 is 0 Å². The van der Waals surface area contributed by atoms with Crippen molar-refractivity contribution in [3.8, 4) is 0 Å². The predicted octanol–water partition coefficient (Wildman–Crippen LogP) is 3.21. The number of aromatic nitrogens is 2. The third-order valence-electron chi connectivity index (χ3n) is 3.04. The van der Waals surface area contributed by atoms with Gasteiger partial charge in [0.15, 0.2) is 0 Å². The lowest BCUT2D eigenvalue weighted by molar-refractivity contribution is 0.626. The summed E-state index contributed by atoms with van der Waals surface area (Å²) in [6.45, 7) is 5.86. The minimum atomic E-state index is -0.266. The Morgan fingerprint density at radius 1 is 1.20 bits per heavy atom. The monoisotopic (exact) mass is 275 g/mol. The highest BCUT2D eigenvalue weighted by Gasteiger charge is 2.09. The normalized spacial score (nSPS) is 12.4. The summed E-state index contributed by atoms with van der Waals surface area (Å²) in [5, 5.41) is 3.16. The van der Waals surface area contributed by atoms with E-state index in [0.29, 0.717) is 11.6 Å². The van der Waals surface area contributed by atoms with Gasteiger partial charge in [-0.15, -0.1) is 0 Å². The summed E-state index contributed by atoms with van der Waals surface area (Å²) in [4.78, 5) is 18.7. The van der Waals surface area contributed by atoms with Crippen molar-refractivity contribution in [1.29, 1.82) is 0 Å². The van der Waals surface area contributed by atoms with E-state index in [0.717, 1.165) is 5.56 Å². The molecule has 4 nitrogen and oxygen atoms in total. The van der Waals surface area contributed by atoms with Gasteiger partial charge in [0.2, 0.25) is 0 Å². The molecule has 0 saturated carbocycles. The lowest BCUT2D eigenvalue weighted by Gasteiger charge is -2.16. The molecule has 1 aromatic heterocycles. The highest BCUT2D eigenvalue weighted by Crippen LogP contribution is 2.18. The fourth-order valence-electron chi connectivity index (χ4n) is 1.88. The molecule has 2 rings (SSSR count). The van der Waals surface area contributed by atoms with Crippen LogP contribution in [-0.4, -0.2) is 9.97 Å². The molecule has 0 aliphatic rings. The molecule has 0 bridgehead atoms. The van der Waals surface area contributed by atoms with Gasteiger partial charge in [-0.1, -0.05) is 26.0 Å². The summed E-state index contributed by atoms with van der Waals surface area (Å²) in [6, 6.07) is 7.61. The van der Waals surface area contributed by atoms with Crippen molar-refractivity contribution < 1.29 is 4.39 Å². The minimum Gasteiger partial charge on any atom is -0.363 e. The van der Waals surface area contributed by atoms with E-state index in [4.69, 9.17) is 0 Å². The van der Waals surface area contributed by atoms with Crippen molar-refractivity contribution in [2.45, 2.75) is 32.7 Å². The van der Waals surface area contributed by atoms with Crippen LogP contribution in [0.3, 0.4) is 0 Å². The number of nitrogens with zero attached hydrogens (tertiary/aromatic N) is 1. The van der Waals surface area contributed by atoms with Crippen molar-refractivity contribution in [2.75, 3.05) is 5.32 Å². The van der Waals surface area contributed by atoms with Gasteiger partial charge in [-0.3, -0.25) is 4.79 Å². The fraction of sp³-hybridized carbons (Fsp3) is 0.333. The van der Waals surface area contributed by atoms with Crippen molar-refractivity contribution in [3.05, 3.63) is 57.9 Å². The lowest BCUT2D eigenvalue weighted by atomic mass is 10.1. The molecular weight excluding hydrogens is 257 g/mol. The van der Waals surface area contributed by atoms with E-state index in [1.807, 2.05) is 20.8 Å². The van der Waals surface area contributed by atoms with Gasteiger partial charge >= 0.3 is 0 Å². The second kappa shape index (κ2) is 5.86. The highest BCUT2D eigenvalue weighted by molar-refractivity contribution is 5.37. The first-order chi connectivity index (χ1) is 9.45. The van der Waals surface area contributed by atoms with Crippen LogP contribution in [-0.2, 0) is 0 Å². The van der Waals surface area contributed by atoms with Gasteiger partial charge in [-0.2, -0.15) is 0 Å². The Bertz CT molecular complexity index is 634. The van der Waals surface area contributed by atoms with Crippen LogP contribution in [0.4, 0.5) is 10.2 Å². The van der Waals surface area contributed by atoms with Crippen LogP contribution in [0.15, 0.2) is 35.1 Å². The largest absolute Gasteiger partial charge is 0.363 e. The molecule has 106 valence electrons. The van der Waals surface area contributed by atoms with Crippen molar-refractivity contribution >= 4 is 5.82 Å². The summed E-state index contributed by atoms with van der Waals surface area (Å²) in [5.41, 5.74) is 0.747. The van der Waals surface area contributed by atoms with Gasteiger partial charge in [0.25, 0.3) is 5.56 Å². The maximum atomic E-state index is 12.9. The number of rotatable bonds is 4. The summed E-state index contributed by atoms with van der Waals surface area (Å²) in [6.07, 6.45) is 0. The van der Waals surface area contributed by atoms with E-state index >= 15 is 0 Å². The topological polar surface area (TPSA) is 57.8 Å². The molecule has 20 heavy (non-hydrogen) atoms. The number of benzene rings is 1. The Hall–Kier alpha value is -2.17. The zero-order valence-corrected chi connectivity index (χ0v) is 11.8. The first-order valence-electron chi connectivity index (χ1n) is 6.59. The van der Waals surface area contributed by atoms with Crippen LogP contribution < -0.4 is 10.9 Å². The summed E-state index contributed by atoms with van der Waals surface area (Å²) in [7, 11) is 0. The van der Waals surface area contributed by atoms with E-state index in [2.05, 4.69) is 15.3 Å². The Balaban J connectivity index is 2.21. The van der Waals surface area contributed by atoms with Crippen LogP contribution in [0, 0.1) is 5.82 Å². The van der Waals surface area contributed by atoms with Crippen molar-refractivity contribution in [2.24, 2.45) is 0 Å². The zero-order chi connectivity index (χ0) is 14.7. The molecule has 0 amide bonds. The van der Waals surface area contributed by atoms with Crippen molar-refractivity contribution in [3.63, 3.8) is 0 Å². The third-order valence-corrected chi connectivity index (χ3v) is 3.04. The minimum absolute atomic E-state index is 0.0649. The summed E-state index contributed by atoms with van der Waals surface area (Å²) in [5.74, 6) is 1.04. The van der Waals surface area contributed by atoms with Crippen LogP contribution in [0.2, 0.25) is 0 Å². The number of aromatic amines is 1. The smallest absolute Gasteiger partial charge is 0.252 e. The van der Waals surface area contributed by atoms with Crippen LogP contribution in [0.5, 0.6) is 0 Å². The number of hydrogen-bond donors (Lipinski definition) is 2. The van der Waals surface area contributed by atoms with Crippen LogP contribution in [0.25, 0.3) is 0 Å². The van der Waals surface area contributed by atoms with E-state index in [-0.39, 0.29) is 23.3 Å². The summed E-state index contributed by atoms with van der Waals surface area (Å²) >= 11 is 0. The van der Waals surface area contributed by atoms with Gasteiger partial charge in [-0.05, 0) is 24.6 Å². The lowest BCUT2D eigenvalue weighted by Crippen LogP contribution is -2.16. The van der Waals surface area contributed by atoms with Crippen LogP contribution in [0.1, 0.15) is 44.1 Å². The average Bonchev–Trinajstić information content (AvgIpc) is 2.38. The Kier molecular flexibility index (Phi) is 4.17.